The lowest BCUT2D eigenvalue weighted by molar-refractivity contribution is -0.161. The van der Waals surface area contributed by atoms with Gasteiger partial charge in [-0.3, -0.25) is 23.4 Å². The Hall–Kier alpha value is -3.08. The van der Waals surface area contributed by atoms with Crippen molar-refractivity contribution >= 4 is 25.7 Å². The van der Waals surface area contributed by atoms with Crippen LogP contribution in [-0.4, -0.2) is 59.9 Å². The van der Waals surface area contributed by atoms with Gasteiger partial charge in [-0.15, -0.1) is 0 Å². The van der Waals surface area contributed by atoms with E-state index in [-0.39, 0.29) is 19.4 Å². The van der Waals surface area contributed by atoms with Crippen molar-refractivity contribution in [1.29, 1.82) is 0 Å². The highest BCUT2D eigenvalue weighted by Crippen LogP contribution is 2.43. The van der Waals surface area contributed by atoms with Crippen molar-refractivity contribution in [3.8, 4) is 0 Å². The first-order valence-corrected chi connectivity index (χ1v) is 22.5. The van der Waals surface area contributed by atoms with Gasteiger partial charge in [0.15, 0.2) is 6.10 Å². The smallest absolute Gasteiger partial charge is 0.472 e. The predicted molar refractivity (Wildman–Crippen MR) is 226 cm³/mol. The number of ether oxygens (including phenoxy) is 2. The normalized spacial score (nSPS) is 14.5. The fourth-order valence-electron chi connectivity index (χ4n) is 5.27. The van der Waals surface area contributed by atoms with Gasteiger partial charge in [0.2, 0.25) is 0 Å². The monoisotopic (exact) mass is 808 g/mol. The lowest BCUT2D eigenvalue weighted by atomic mass is 10.1. The van der Waals surface area contributed by atoms with Crippen LogP contribution in [0.4, 0.5) is 0 Å². The Morgan fingerprint density at radius 1 is 0.571 bits per heavy atom. The highest BCUT2D eigenvalue weighted by atomic mass is 31.2. The summed E-state index contributed by atoms with van der Waals surface area (Å²) in [7, 11) is -4.74. The standard InChI is InChI=1S/C44H74NO10P/c1-3-5-7-9-11-13-15-17-18-19-20-21-22-24-25-27-29-31-33-35-42(46)52-37-40(38-53-56(50,51)54-39-41(45)44(48)49)55-43(47)36-34-32-30-28-26-23-16-14-12-10-8-6-4-2/h6,8,10,12,14,16,19-20,23,26,28,30,40-41H,3-5,7,9,11,13,15,17-18,21-22,24-25,27,29,31-39,45H2,1-2H3,(H,48,49)(H,50,51)/b8-6+,12-10+,16-14+,20-19+,26-23+,30-28+/t40?,41-/m1/s1. The summed E-state index contributed by atoms with van der Waals surface area (Å²) in [6, 6.07) is -1.54. The molecule has 0 saturated carbocycles. The van der Waals surface area contributed by atoms with Gasteiger partial charge in [0.1, 0.15) is 12.6 Å². The van der Waals surface area contributed by atoms with Gasteiger partial charge in [0.25, 0.3) is 0 Å². The molecule has 0 bridgehead atoms. The molecule has 11 nitrogen and oxygen atoms in total. The van der Waals surface area contributed by atoms with Crippen molar-refractivity contribution in [2.45, 2.75) is 167 Å². The van der Waals surface area contributed by atoms with Gasteiger partial charge in [-0.2, -0.15) is 0 Å². The van der Waals surface area contributed by atoms with Gasteiger partial charge in [-0.25, -0.2) is 4.57 Å². The Morgan fingerprint density at radius 3 is 1.59 bits per heavy atom. The minimum Gasteiger partial charge on any atom is -0.480 e. The van der Waals surface area contributed by atoms with Crippen LogP contribution in [0.2, 0.25) is 0 Å². The predicted octanol–water partition coefficient (Wildman–Crippen LogP) is 10.9. The van der Waals surface area contributed by atoms with Gasteiger partial charge in [0.05, 0.1) is 13.2 Å². The summed E-state index contributed by atoms with van der Waals surface area (Å²) in [5, 5.41) is 8.87. The number of phosphoric ester groups is 1. The van der Waals surface area contributed by atoms with E-state index in [2.05, 4.69) is 36.6 Å². The van der Waals surface area contributed by atoms with Crippen molar-refractivity contribution in [3.05, 3.63) is 72.9 Å². The molecule has 0 aromatic rings. The highest BCUT2D eigenvalue weighted by Gasteiger charge is 2.28. The van der Waals surface area contributed by atoms with Crippen molar-refractivity contribution < 1.29 is 47.5 Å². The minimum absolute atomic E-state index is 0.0608. The van der Waals surface area contributed by atoms with Crippen LogP contribution in [0.1, 0.15) is 155 Å². The summed E-state index contributed by atoms with van der Waals surface area (Å²) in [5.41, 5.74) is 5.32. The molecule has 0 saturated heterocycles. The van der Waals surface area contributed by atoms with E-state index < -0.39 is 51.1 Å². The van der Waals surface area contributed by atoms with Gasteiger partial charge in [-0.1, -0.05) is 164 Å². The Bertz CT molecular complexity index is 1230. The van der Waals surface area contributed by atoms with E-state index in [9.17, 15) is 23.8 Å². The number of hydrogen-bond acceptors (Lipinski definition) is 9. The summed E-state index contributed by atoms with van der Waals surface area (Å²) < 4.78 is 32.5. The number of hydrogen-bond donors (Lipinski definition) is 3. The van der Waals surface area contributed by atoms with Crippen LogP contribution in [-0.2, 0) is 37.5 Å². The fraction of sp³-hybridized carbons (Fsp3) is 0.659. The number of carboxylic acid groups (broad SMARTS) is 1. The second-order valence-electron chi connectivity index (χ2n) is 13.9. The largest absolute Gasteiger partial charge is 0.480 e. The Morgan fingerprint density at radius 2 is 1.04 bits per heavy atom. The lowest BCUT2D eigenvalue weighted by Gasteiger charge is -2.20. The van der Waals surface area contributed by atoms with Crippen LogP contribution in [0.3, 0.4) is 0 Å². The van der Waals surface area contributed by atoms with Gasteiger partial charge < -0.3 is 25.2 Å². The number of rotatable bonds is 38. The van der Waals surface area contributed by atoms with E-state index in [1.54, 1.807) is 0 Å². The molecule has 0 fully saturated rings. The molecule has 12 heteroatoms. The molecule has 0 rings (SSSR count). The number of allylic oxidation sites excluding steroid dienone is 12. The maximum atomic E-state index is 12.5. The molecule has 4 N–H and O–H groups in total. The second-order valence-corrected chi connectivity index (χ2v) is 15.3. The molecular weight excluding hydrogens is 733 g/mol. The molecule has 0 aromatic heterocycles. The molecule has 0 aromatic carbocycles. The van der Waals surface area contributed by atoms with E-state index in [0.717, 1.165) is 32.1 Å². The average Bonchev–Trinajstić information content (AvgIpc) is 3.17. The van der Waals surface area contributed by atoms with E-state index in [1.165, 1.54) is 77.0 Å². The average molecular weight is 808 g/mol. The molecule has 2 unspecified atom stereocenters. The maximum Gasteiger partial charge on any atom is 0.472 e. The molecular formula is C44H74NO10P. The zero-order chi connectivity index (χ0) is 41.4. The third kappa shape index (κ3) is 37.8. The number of carbonyl (C=O) groups is 3. The van der Waals surface area contributed by atoms with E-state index in [0.29, 0.717) is 19.3 Å². The Balaban J connectivity index is 4.44. The van der Waals surface area contributed by atoms with Crippen molar-refractivity contribution in [1.82, 2.24) is 0 Å². The van der Waals surface area contributed by atoms with Gasteiger partial charge >= 0.3 is 25.7 Å². The first-order chi connectivity index (χ1) is 27.1. The summed E-state index contributed by atoms with van der Waals surface area (Å²) >= 11 is 0. The Labute approximate surface area is 338 Å². The van der Waals surface area contributed by atoms with Crippen LogP contribution >= 0.6 is 7.82 Å². The second kappa shape index (κ2) is 38.8. The number of carbonyl (C=O) groups excluding carboxylic acids is 2. The first-order valence-electron chi connectivity index (χ1n) is 21.0. The van der Waals surface area contributed by atoms with Crippen LogP contribution in [0.25, 0.3) is 0 Å². The van der Waals surface area contributed by atoms with Crippen molar-refractivity contribution in [2.24, 2.45) is 5.73 Å². The van der Waals surface area contributed by atoms with E-state index >= 15 is 0 Å². The third-order valence-corrected chi connectivity index (χ3v) is 9.52. The van der Waals surface area contributed by atoms with Crippen LogP contribution in [0.15, 0.2) is 72.9 Å². The summed E-state index contributed by atoms with van der Waals surface area (Å²) in [6.07, 6.45) is 45.6. The molecule has 56 heavy (non-hydrogen) atoms. The number of aliphatic carboxylic acids is 1. The van der Waals surface area contributed by atoms with Crippen LogP contribution in [0.5, 0.6) is 0 Å². The zero-order valence-electron chi connectivity index (χ0n) is 34.4. The molecule has 0 spiro atoms. The van der Waals surface area contributed by atoms with Crippen LogP contribution < -0.4 is 5.73 Å². The molecule has 0 amide bonds. The van der Waals surface area contributed by atoms with E-state index in [1.807, 2.05) is 54.7 Å². The number of phosphoric acid groups is 1. The summed E-state index contributed by atoms with van der Waals surface area (Å²) in [4.78, 5) is 45.8. The minimum atomic E-state index is -4.74. The van der Waals surface area contributed by atoms with Crippen molar-refractivity contribution in [2.75, 3.05) is 19.8 Å². The highest BCUT2D eigenvalue weighted by molar-refractivity contribution is 7.47. The maximum absolute atomic E-state index is 12.5. The van der Waals surface area contributed by atoms with Crippen molar-refractivity contribution in [3.63, 3.8) is 0 Å². The summed E-state index contributed by atoms with van der Waals surface area (Å²) in [5.74, 6) is -2.49. The molecule has 0 aliphatic heterocycles. The summed E-state index contributed by atoms with van der Waals surface area (Å²) in [6.45, 7) is 2.56. The van der Waals surface area contributed by atoms with Gasteiger partial charge in [-0.05, 0) is 51.4 Å². The Kier molecular flexibility index (Phi) is 36.6. The molecule has 0 aliphatic carbocycles. The van der Waals surface area contributed by atoms with E-state index in [4.69, 9.17) is 24.8 Å². The zero-order valence-corrected chi connectivity index (χ0v) is 35.3. The SMILES string of the molecule is CC/C=C/C=C/C=C/C=C/C=C/CCCC(=O)OC(COC(=O)CCCCCCCCC/C=C/CCCCCCCCCC)COP(=O)(O)OC[C@@H](N)C(=O)O. The van der Waals surface area contributed by atoms with Crippen LogP contribution in [0, 0.1) is 0 Å². The quantitative estimate of drug-likeness (QED) is 0.0178. The topological polar surface area (TPSA) is 172 Å². The third-order valence-electron chi connectivity index (χ3n) is 8.57. The lowest BCUT2D eigenvalue weighted by Crippen LogP contribution is -2.34. The molecule has 0 heterocycles. The molecule has 320 valence electrons. The number of nitrogens with two attached hydrogens (primary N) is 1. The molecule has 0 radical (unpaired) electrons. The number of carboxylic acids is 1. The molecule has 3 atom stereocenters. The number of unbranched alkanes of at least 4 members (excludes halogenated alkanes) is 16. The first kappa shape index (κ1) is 52.9. The van der Waals surface area contributed by atoms with Gasteiger partial charge in [0, 0.05) is 12.8 Å². The fourth-order valence-corrected chi connectivity index (χ4v) is 6.04. The molecule has 0 aliphatic rings. The number of esters is 2.